The molecule has 4 rings (SSSR count). The molecule has 28 heavy (non-hydrogen) atoms. The zero-order valence-electron chi connectivity index (χ0n) is 15.3. The van der Waals surface area contributed by atoms with E-state index in [0.717, 1.165) is 37.6 Å². The van der Waals surface area contributed by atoms with Crippen molar-refractivity contribution in [3.63, 3.8) is 0 Å². The molecule has 1 aliphatic heterocycles. The van der Waals surface area contributed by atoms with E-state index in [1.54, 1.807) is 30.7 Å². The van der Waals surface area contributed by atoms with E-state index < -0.39 is 0 Å². The van der Waals surface area contributed by atoms with Gasteiger partial charge in [-0.05, 0) is 18.9 Å². The number of carbonyl (C=O) groups excluding carboxylic acids is 1. The summed E-state index contributed by atoms with van der Waals surface area (Å²) in [5.74, 6) is 1.20. The molecule has 1 amide bonds. The van der Waals surface area contributed by atoms with Gasteiger partial charge in [-0.15, -0.1) is 0 Å². The SMILES string of the molecule is O=C(NCc1ccccc1F)C1CCN(c2cc(-n3ccnc3)ncn2)CC1. The minimum Gasteiger partial charge on any atom is -0.356 e. The zero-order valence-corrected chi connectivity index (χ0v) is 15.3. The second-order valence-electron chi connectivity index (χ2n) is 6.77. The van der Waals surface area contributed by atoms with Crippen molar-refractivity contribution in [3.8, 4) is 5.82 Å². The van der Waals surface area contributed by atoms with Gasteiger partial charge in [-0.25, -0.2) is 19.3 Å². The molecule has 1 aromatic carbocycles. The van der Waals surface area contributed by atoms with Gasteiger partial charge in [0.1, 0.15) is 30.1 Å². The molecule has 7 nitrogen and oxygen atoms in total. The third kappa shape index (κ3) is 4.00. The van der Waals surface area contributed by atoms with Gasteiger partial charge in [-0.2, -0.15) is 0 Å². The summed E-state index contributed by atoms with van der Waals surface area (Å²) in [6, 6.07) is 8.41. The molecule has 2 aromatic heterocycles. The molecule has 1 fully saturated rings. The van der Waals surface area contributed by atoms with Crippen LogP contribution in [0.5, 0.6) is 0 Å². The Morgan fingerprint density at radius 1 is 1.18 bits per heavy atom. The van der Waals surface area contributed by atoms with E-state index in [4.69, 9.17) is 0 Å². The van der Waals surface area contributed by atoms with Crippen LogP contribution in [0.4, 0.5) is 10.2 Å². The molecule has 3 aromatic rings. The first-order valence-electron chi connectivity index (χ1n) is 9.27. The Balaban J connectivity index is 1.33. The summed E-state index contributed by atoms with van der Waals surface area (Å²) in [5, 5.41) is 2.86. The number of piperidine rings is 1. The minimum atomic E-state index is -0.296. The summed E-state index contributed by atoms with van der Waals surface area (Å²) < 4.78 is 15.5. The number of rotatable bonds is 5. The Hall–Kier alpha value is -3.29. The topological polar surface area (TPSA) is 75.9 Å². The van der Waals surface area contributed by atoms with Crippen LogP contribution in [0, 0.1) is 11.7 Å². The van der Waals surface area contributed by atoms with Crippen LogP contribution in [0.1, 0.15) is 18.4 Å². The van der Waals surface area contributed by atoms with Crippen molar-refractivity contribution in [2.24, 2.45) is 5.92 Å². The van der Waals surface area contributed by atoms with Crippen LogP contribution >= 0.6 is 0 Å². The summed E-state index contributed by atoms with van der Waals surface area (Å²) in [7, 11) is 0. The van der Waals surface area contributed by atoms with Gasteiger partial charge in [-0.3, -0.25) is 9.36 Å². The second kappa shape index (κ2) is 8.16. The van der Waals surface area contributed by atoms with Crippen LogP contribution in [-0.4, -0.2) is 38.5 Å². The lowest BCUT2D eigenvalue weighted by Gasteiger charge is -2.32. The van der Waals surface area contributed by atoms with E-state index in [1.165, 1.54) is 12.4 Å². The number of amides is 1. The first-order valence-corrected chi connectivity index (χ1v) is 9.27. The molecule has 0 saturated carbocycles. The Morgan fingerprint density at radius 3 is 2.71 bits per heavy atom. The molecular weight excluding hydrogens is 359 g/mol. The van der Waals surface area contributed by atoms with Crippen LogP contribution in [-0.2, 0) is 11.3 Å². The lowest BCUT2D eigenvalue weighted by molar-refractivity contribution is -0.125. The van der Waals surface area contributed by atoms with Crippen LogP contribution in [0.3, 0.4) is 0 Å². The third-order valence-corrected chi connectivity index (χ3v) is 5.01. The average molecular weight is 380 g/mol. The van der Waals surface area contributed by atoms with Crippen molar-refractivity contribution < 1.29 is 9.18 Å². The molecule has 1 saturated heterocycles. The molecule has 0 unspecified atom stereocenters. The Morgan fingerprint density at radius 2 is 1.96 bits per heavy atom. The highest BCUT2D eigenvalue weighted by atomic mass is 19.1. The number of hydrogen-bond acceptors (Lipinski definition) is 5. The van der Waals surface area contributed by atoms with Gasteiger partial charge in [0.15, 0.2) is 0 Å². The van der Waals surface area contributed by atoms with Gasteiger partial charge in [0, 0.05) is 49.6 Å². The van der Waals surface area contributed by atoms with Crippen LogP contribution in [0.2, 0.25) is 0 Å². The highest BCUT2D eigenvalue weighted by Gasteiger charge is 2.25. The lowest BCUT2D eigenvalue weighted by Crippen LogP contribution is -2.40. The fourth-order valence-corrected chi connectivity index (χ4v) is 3.39. The monoisotopic (exact) mass is 380 g/mol. The maximum Gasteiger partial charge on any atom is 0.223 e. The highest BCUT2D eigenvalue weighted by molar-refractivity contribution is 5.79. The number of aromatic nitrogens is 4. The molecule has 8 heteroatoms. The molecule has 0 aliphatic carbocycles. The summed E-state index contributed by atoms with van der Waals surface area (Å²) in [5.41, 5.74) is 0.501. The summed E-state index contributed by atoms with van der Waals surface area (Å²) in [6.07, 6.45) is 8.22. The molecule has 1 aliphatic rings. The average Bonchev–Trinajstić information content (AvgIpc) is 3.28. The molecular formula is C20H21FN6O. The van der Waals surface area contributed by atoms with Crippen LogP contribution in [0.15, 0.2) is 55.4 Å². The van der Waals surface area contributed by atoms with E-state index in [0.29, 0.717) is 5.56 Å². The zero-order chi connectivity index (χ0) is 19.3. The summed E-state index contributed by atoms with van der Waals surface area (Å²) in [6.45, 7) is 1.68. The van der Waals surface area contributed by atoms with Gasteiger partial charge in [0.05, 0.1) is 0 Å². The Labute approximate surface area is 162 Å². The fourth-order valence-electron chi connectivity index (χ4n) is 3.39. The predicted octanol–water partition coefficient (Wildman–Crippen LogP) is 2.33. The number of imidazole rings is 1. The van der Waals surface area contributed by atoms with Crippen LogP contribution < -0.4 is 10.2 Å². The Kier molecular flexibility index (Phi) is 5.27. The quantitative estimate of drug-likeness (QED) is 0.735. The molecule has 144 valence electrons. The van der Waals surface area contributed by atoms with E-state index in [-0.39, 0.29) is 24.2 Å². The number of hydrogen-bond donors (Lipinski definition) is 1. The smallest absolute Gasteiger partial charge is 0.223 e. The van der Waals surface area contributed by atoms with Gasteiger partial charge in [0.2, 0.25) is 5.91 Å². The van der Waals surface area contributed by atoms with E-state index in [2.05, 4.69) is 25.2 Å². The van der Waals surface area contributed by atoms with Crippen molar-refractivity contribution in [2.75, 3.05) is 18.0 Å². The highest BCUT2D eigenvalue weighted by Crippen LogP contribution is 2.23. The maximum absolute atomic E-state index is 13.7. The maximum atomic E-state index is 13.7. The van der Waals surface area contributed by atoms with Crippen molar-refractivity contribution in [1.29, 1.82) is 0 Å². The number of halogens is 1. The molecule has 1 N–H and O–H groups in total. The number of carbonyl (C=O) groups is 1. The standard InChI is InChI=1S/C20H21FN6O/c21-17-4-2-1-3-16(17)12-23-20(28)15-5-8-26(9-6-15)18-11-19(25-13-24-18)27-10-7-22-14-27/h1-4,7,10-11,13-15H,5-6,8-9,12H2,(H,23,28). The van der Waals surface area contributed by atoms with E-state index in [1.807, 2.05) is 16.8 Å². The molecule has 0 spiro atoms. The number of nitrogens with one attached hydrogen (secondary N) is 1. The van der Waals surface area contributed by atoms with Crippen molar-refractivity contribution in [2.45, 2.75) is 19.4 Å². The first-order chi connectivity index (χ1) is 13.7. The first kappa shape index (κ1) is 18.1. The van der Waals surface area contributed by atoms with Crippen LogP contribution in [0.25, 0.3) is 5.82 Å². The molecule has 3 heterocycles. The van der Waals surface area contributed by atoms with Gasteiger partial charge in [0.25, 0.3) is 0 Å². The second-order valence-corrected chi connectivity index (χ2v) is 6.77. The van der Waals surface area contributed by atoms with E-state index >= 15 is 0 Å². The van der Waals surface area contributed by atoms with Crippen molar-refractivity contribution in [1.82, 2.24) is 24.8 Å². The number of nitrogens with zero attached hydrogens (tertiary/aromatic N) is 5. The van der Waals surface area contributed by atoms with Crippen molar-refractivity contribution in [3.05, 3.63) is 66.8 Å². The van der Waals surface area contributed by atoms with Crippen molar-refractivity contribution >= 4 is 11.7 Å². The summed E-state index contributed by atoms with van der Waals surface area (Å²) >= 11 is 0. The Bertz CT molecular complexity index is 937. The summed E-state index contributed by atoms with van der Waals surface area (Å²) in [4.78, 5) is 27.3. The predicted molar refractivity (Wildman–Crippen MR) is 102 cm³/mol. The molecule has 0 radical (unpaired) electrons. The van der Waals surface area contributed by atoms with Gasteiger partial charge >= 0.3 is 0 Å². The lowest BCUT2D eigenvalue weighted by atomic mass is 9.96. The third-order valence-electron chi connectivity index (χ3n) is 5.01. The van der Waals surface area contributed by atoms with Gasteiger partial charge in [-0.1, -0.05) is 18.2 Å². The van der Waals surface area contributed by atoms with Gasteiger partial charge < -0.3 is 10.2 Å². The number of benzene rings is 1. The molecule has 0 bridgehead atoms. The normalized spacial score (nSPS) is 14.8. The van der Waals surface area contributed by atoms with E-state index in [9.17, 15) is 9.18 Å². The molecule has 0 atom stereocenters. The largest absolute Gasteiger partial charge is 0.356 e. The minimum absolute atomic E-state index is 0.0234. The fraction of sp³-hybridized carbons (Fsp3) is 0.300. The number of anilines is 1.